The van der Waals surface area contributed by atoms with Crippen molar-refractivity contribution < 1.29 is 37.9 Å². The third kappa shape index (κ3) is 42.2. The topological polar surface area (TPSA) is 131 Å². The van der Waals surface area contributed by atoms with Crippen LogP contribution in [0.25, 0.3) is 0 Å². The van der Waals surface area contributed by atoms with Gasteiger partial charge in [0.2, 0.25) is 5.91 Å². The van der Waals surface area contributed by atoms with Gasteiger partial charge < -0.3 is 20.1 Å². The molecule has 10 heteroatoms. The summed E-state index contributed by atoms with van der Waals surface area (Å²) in [5.74, 6) is -0.579. The monoisotopic (exact) mass is 790 g/mol. The van der Waals surface area contributed by atoms with Crippen molar-refractivity contribution in [3.05, 3.63) is 85.1 Å². The van der Waals surface area contributed by atoms with Crippen LogP contribution in [0.1, 0.15) is 155 Å². The number of amides is 1. The fourth-order valence-electron chi connectivity index (χ4n) is 5.14. The van der Waals surface area contributed by atoms with E-state index in [0.29, 0.717) is 12.8 Å². The van der Waals surface area contributed by atoms with E-state index in [1.54, 1.807) is 0 Å². The summed E-state index contributed by atoms with van der Waals surface area (Å²) in [5, 5.41) is 12.7. The van der Waals surface area contributed by atoms with Gasteiger partial charge in [0, 0.05) is 19.4 Å². The third-order valence-corrected chi connectivity index (χ3v) is 9.29. The standard InChI is InChI=1S/C45H76NO8P/c1-3-5-7-9-11-13-15-17-19-20-21-22-24-26-28-30-32-34-36-38-45(49)52-41-43(47)42-54-55(50,51)53-40-39-46-44(48)37-35-33-31-29-27-25-23-18-16-14-12-10-8-6-4-2/h6,8,11-14,17-19,21-23,27,29,43,47H,3-5,7,9-10,15-16,20,24-26,28,30-42H2,1-2H3,(H,46,48)(H,50,51)/b8-6-,13-11-,14-12-,19-17-,22-21-,23-18-,29-27-. The van der Waals surface area contributed by atoms with E-state index in [1.165, 1.54) is 38.5 Å². The molecule has 0 fully saturated rings. The van der Waals surface area contributed by atoms with Gasteiger partial charge >= 0.3 is 13.8 Å². The Bertz CT molecular complexity index is 1170. The van der Waals surface area contributed by atoms with Gasteiger partial charge in [-0.05, 0) is 89.9 Å². The SMILES string of the molecule is CC/C=C\C/C=C\C/C=C\C/C=C\CCCCC(=O)NCCOP(=O)(O)OCC(O)COC(=O)CCCCCCCC/C=C\C/C=C\C/C=C\CCCCC. The van der Waals surface area contributed by atoms with Crippen molar-refractivity contribution in [2.75, 3.05) is 26.4 Å². The van der Waals surface area contributed by atoms with E-state index in [1.807, 2.05) is 0 Å². The number of phosphoric acid groups is 1. The Balaban J connectivity index is 3.70. The number of hydrogen-bond donors (Lipinski definition) is 3. The number of aliphatic hydroxyl groups excluding tert-OH is 1. The second-order valence-electron chi connectivity index (χ2n) is 13.6. The lowest BCUT2D eigenvalue weighted by Gasteiger charge is -2.15. The molecule has 0 spiro atoms. The normalized spacial score (nSPS) is 14.2. The highest BCUT2D eigenvalue weighted by Gasteiger charge is 2.23. The van der Waals surface area contributed by atoms with Crippen molar-refractivity contribution in [3.8, 4) is 0 Å². The lowest BCUT2D eigenvalue weighted by molar-refractivity contribution is -0.147. The Morgan fingerprint density at radius 1 is 0.582 bits per heavy atom. The minimum atomic E-state index is -4.44. The first-order chi connectivity index (χ1) is 26.8. The van der Waals surface area contributed by atoms with Crippen molar-refractivity contribution in [1.82, 2.24) is 5.32 Å². The molecule has 0 aliphatic carbocycles. The van der Waals surface area contributed by atoms with Gasteiger partial charge in [-0.25, -0.2) is 4.57 Å². The maximum atomic E-state index is 12.1. The van der Waals surface area contributed by atoms with Crippen molar-refractivity contribution in [2.24, 2.45) is 0 Å². The Kier molecular flexibility index (Phi) is 38.8. The molecule has 2 atom stereocenters. The molecular formula is C45H76NO8P. The molecule has 0 radical (unpaired) electrons. The lowest BCUT2D eigenvalue weighted by atomic mass is 10.1. The van der Waals surface area contributed by atoms with Gasteiger partial charge in [0.05, 0.1) is 13.2 Å². The van der Waals surface area contributed by atoms with Gasteiger partial charge in [-0.15, -0.1) is 0 Å². The summed E-state index contributed by atoms with van der Waals surface area (Å²) >= 11 is 0. The molecule has 0 bridgehead atoms. The van der Waals surface area contributed by atoms with Crippen LogP contribution in [0.2, 0.25) is 0 Å². The maximum Gasteiger partial charge on any atom is 0.472 e. The van der Waals surface area contributed by atoms with Crippen LogP contribution < -0.4 is 5.32 Å². The Morgan fingerprint density at radius 3 is 1.58 bits per heavy atom. The number of ether oxygens (including phenoxy) is 1. The quantitative estimate of drug-likeness (QED) is 0.0244. The van der Waals surface area contributed by atoms with E-state index >= 15 is 0 Å². The molecule has 0 aliphatic rings. The summed E-state index contributed by atoms with van der Waals surface area (Å²) in [6.07, 6.45) is 50.8. The molecule has 0 aromatic rings. The molecular weight excluding hydrogens is 713 g/mol. The highest BCUT2D eigenvalue weighted by molar-refractivity contribution is 7.47. The first kappa shape index (κ1) is 52.2. The minimum absolute atomic E-state index is 0.0526. The number of allylic oxidation sites excluding steroid dienone is 14. The van der Waals surface area contributed by atoms with Gasteiger partial charge in [0.25, 0.3) is 0 Å². The molecule has 0 rings (SSSR count). The molecule has 314 valence electrons. The van der Waals surface area contributed by atoms with Gasteiger partial charge in [-0.1, -0.05) is 137 Å². The molecule has 55 heavy (non-hydrogen) atoms. The van der Waals surface area contributed by atoms with Crippen molar-refractivity contribution in [1.29, 1.82) is 0 Å². The van der Waals surface area contributed by atoms with Crippen molar-refractivity contribution in [3.63, 3.8) is 0 Å². The molecule has 0 aromatic heterocycles. The van der Waals surface area contributed by atoms with Gasteiger partial charge in [-0.2, -0.15) is 0 Å². The highest BCUT2D eigenvalue weighted by Crippen LogP contribution is 2.42. The highest BCUT2D eigenvalue weighted by atomic mass is 31.2. The number of aliphatic hydroxyl groups is 1. The average molecular weight is 790 g/mol. The first-order valence-electron chi connectivity index (χ1n) is 21.1. The summed E-state index contributed by atoms with van der Waals surface area (Å²) in [4.78, 5) is 33.9. The zero-order valence-corrected chi connectivity index (χ0v) is 35.2. The van der Waals surface area contributed by atoms with Crippen LogP contribution in [0.3, 0.4) is 0 Å². The summed E-state index contributed by atoms with van der Waals surface area (Å²) in [6, 6.07) is 0. The Labute approximate surface area is 334 Å². The fraction of sp³-hybridized carbons (Fsp3) is 0.644. The summed E-state index contributed by atoms with van der Waals surface area (Å²) in [6.45, 7) is 3.32. The molecule has 9 nitrogen and oxygen atoms in total. The predicted molar refractivity (Wildman–Crippen MR) is 229 cm³/mol. The molecule has 3 N–H and O–H groups in total. The number of rotatable bonds is 38. The van der Waals surface area contributed by atoms with Crippen LogP contribution in [-0.4, -0.2) is 54.3 Å². The fourth-order valence-corrected chi connectivity index (χ4v) is 5.90. The molecule has 0 aliphatic heterocycles. The molecule has 0 saturated carbocycles. The van der Waals surface area contributed by atoms with E-state index in [4.69, 9.17) is 13.8 Å². The lowest BCUT2D eigenvalue weighted by Crippen LogP contribution is -2.27. The molecule has 1 amide bonds. The minimum Gasteiger partial charge on any atom is -0.463 e. The Morgan fingerprint density at radius 2 is 1.04 bits per heavy atom. The second-order valence-corrected chi connectivity index (χ2v) is 15.0. The van der Waals surface area contributed by atoms with Gasteiger partial charge in [0.15, 0.2) is 0 Å². The van der Waals surface area contributed by atoms with Crippen LogP contribution in [0, 0.1) is 0 Å². The molecule has 0 aromatic carbocycles. The maximum absolute atomic E-state index is 12.1. The van der Waals surface area contributed by atoms with E-state index in [-0.39, 0.29) is 32.1 Å². The zero-order chi connectivity index (χ0) is 40.3. The van der Waals surface area contributed by atoms with Crippen LogP contribution >= 0.6 is 7.82 Å². The van der Waals surface area contributed by atoms with E-state index in [0.717, 1.165) is 83.5 Å². The Hall–Kier alpha value is -2.81. The van der Waals surface area contributed by atoms with Crippen LogP contribution in [0.15, 0.2) is 85.1 Å². The first-order valence-corrected chi connectivity index (χ1v) is 22.6. The van der Waals surface area contributed by atoms with Crippen LogP contribution in [-0.2, 0) is 27.9 Å². The number of carbonyl (C=O) groups excluding carboxylic acids is 2. The number of phosphoric ester groups is 1. The zero-order valence-electron chi connectivity index (χ0n) is 34.3. The summed E-state index contributed by atoms with van der Waals surface area (Å²) < 4.78 is 26.8. The van der Waals surface area contributed by atoms with Crippen molar-refractivity contribution in [2.45, 2.75) is 161 Å². The molecule has 0 heterocycles. The summed E-state index contributed by atoms with van der Waals surface area (Å²) in [5.41, 5.74) is 0. The average Bonchev–Trinajstić information content (AvgIpc) is 3.17. The molecule has 0 saturated heterocycles. The van der Waals surface area contributed by atoms with Crippen LogP contribution in [0.4, 0.5) is 0 Å². The third-order valence-electron chi connectivity index (χ3n) is 8.31. The van der Waals surface area contributed by atoms with E-state index in [2.05, 4.69) is 104 Å². The molecule has 2 unspecified atom stereocenters. The van der Waals surface area contributed by atoms with E-state index in [9.17, 15) is 24.2 Å². The van der Waals surface area contributed by atoms with Gasteiger partial charge in [-0.3, -0.25) is 18.6 Å². The van der Waals surface area contributed by atoms with Crippen LogP contribution in [0.5, 0.6) is 0 Å². The van der Waals surface area contributed by atoms with Gasteiger partial charge in [0.1, 0.15) is 12.7 Å². The largest absolute Gasteiger partial charge is 0.472 e. The smallest absolute Gasteiger partial charge is 0.463 e. The van der Waals surface area contributed by atoms with E-state index < -0.39 is 26.5 Å². The number of carbonyl (C=O) groups is 2. The number of esters is 1. The van der Waals surface area contributed by atoms with Crippen molar-refractivity contribution >= 4 is 19.7 Å². The second kappa shape index (κ2) is 40.8. The number of unbranched alkanes of at least 4 members (excludes halogenated alkanes) is 11. The number of nitrogens with one attached hydrogen (secondary N) is 1. The number of hydrogen-bond acceptors (Lipinski definition) is 7. The summed E-state index contributed by atoms with van der Waals surface area (Å²) in [7, 11) is -4.44. The predicted octanol–water partition coefficient (Wildman–Crippen LogP) is 11.7.